The minimum Gasteiger partial charge on any atom is -0.399 e. The molecular formula is C14H14N6. The van der Waals surface area contributed by atoms with E-state index in [9.17, 15) is 0 Å². The van der Waals surface area contributed by atoms with Gasteiger partial charge in [-0.05, 0) is 36.4 Å². The number of imidazole rings is 2. The zero-order valence-corrected chi connectivity index (χ0v) is 10.7. The van der Waals surface area contributed by atoms with E-state index in [-0.39, 0.29) is 0 Å². The lowest BCUT2D eigenvalue weighted by molar-refractivity contribution is 1.34. The number of anilines is 2. The van der Waals surface area contributed by atoms with Crippen LogP contribution in [0.1, 0.15) is 0 Å². The van der Waals surface area contributed by atoms with Gasteiger partial charge < -0.3 is 21.4 Å². The summed E-state index contributed by atoms with van der Waals surface area (Å²) in [5.74, 6) is 0. The van der Waals surface area contributed by atoms with Crippen molar-refractivity contribution in [2.45, 2.75) is 0 Å². The summed E-state index contributed by atoms with van der Waals surface area (Å²) in [5, 5.41) is 0. The van der Waals surface area contributed by atoms with Crippen LogP contribution in [0.3, 0.4) is 0 Å². The van der Waals surface area contributed by atoms with Gasteiger partial charge >= 0.3 is 0 Å². The Bertz CT molecular complexity index is 773. The molecule has 0 atom stereocenters. The Morgan fingerprint density at radius 2 is 1.15 bits per heavy atom. The van der Waals surface area contributed by atoms with Crippen molar-refractivity contribution in [2.24, 2.45) is 0 Å². The van der Waals surface area contributed by atoms with E-state index in [1.807, 2.05) is 36.4 Å². The molecule has 2 aromatic carbocycles. The van der Waals surface area contributed by atoms with Crippen molar-refractivity contribution in [1.82, 2.24) is 19.9 Å². The topological polar surface area (TPSA) is 109 Å². The van der Waals surface area contributed by atoms with E-state index >= 15 is 0 Å². The first-order valence-corrected chi connectivity index (χ1v) is 6.09. The fourth-order valence-corrected chi connectivity index (χ4v) is 1.91. The van der Waals surface area contributed by atoms with Gasteiger partial charge in [-0.3, -0.25) is 0 Å². The second kappa shape index (κ2) is 4.93. The largest absolute Gasteiger partial charge is 0.399 e. The van der Waals surface area contributed by atoms with Gasteiger partial charge in [-0.2, -0.15) is 0 Å². The number of nitrogens with one attached hydrogen (secondary N) is 2. The highest BCUT2D eigenvalue weighted by molar-refractivity contribution is 5.78. The summed E-state index contributed by atoms with van der Waals surface area (Å²) in [6, 6.07) is 11.2. The third-order valence-corrected chi connectivity index (χ3v) is 2.89. The van der Waals surface area contributed by atoms with Crippen molar-refractivity contribution < 1.29 is 0 Å². The predicted octanol–water partition coefficient (Wildman–Crippen LogP) is 2.29. The molecule has 4 rings (SSSR count). The molecule has 0 aliphatic carbocycles. The number of nitrogens with two attached hydrogens (primary N) is 2. The van der Waals surface area contributed by atoms with Crippen LogP contribution in [0, 0.1) is 0 Å². The molecule has 0 spiro atoms. The lowest BCUT2D eigenvalue weighted by Gasteiger charge is -1.89. The van der Waals surface area contributed by atoms with Gasteiger partial charge in [-0.25, -0.2) is 9.97 Å². The molecule has 20 heavy (non-hydrogen) atoms. The van der Waals surface area contributed by atoms with Crippen LogP contribution in [0.5, 0.6) is 0 Å². The zero-order chi connectivity index (χ0) is 13.9. The highest BCUT2D eigenvalue weighted by Crippen LogP contribution is 2.12. The van der Waals surface area contributed by atoms with Crippen LogP contribution in [-0.4, -0.2) is 19.9 Å². The minimum absolute atomic E-state index is 0.761. The number of H-pyrrole nitrogens is 2. The standard InChI is InChI=1S/2C7H7N3/c2*8-5-1-2-6-7(3-5)10-4-9-6/h2*1-4H,8H2,(H,9,10). The van der Waals surface area contributed by atoms with Crippen molar-refractivity contribution >= 4 is 33.4 Å². The summed E-state index contributed by atoms with van der Waals surface area (Å²) in [7, 11) is 0. The fraction of sp³-hybridized carbons (Fsp3) is 0. The number of hydrogen-bond donors (Lipinski definition) is 4. The zero-order valence-electron chi connectivity index (χ0n) is 10.7. The smallest absolute Gasteiger partial charge is 0.0931 e. The fourth-order valence-electron chi connectivity index (χ4n) is 1.91. The van der Waals surface area contributed by atoms with E-state index in [1.165, 1.54) is 0 Å². The van der Waals surface area contributed by atoms with E-state index in [0.717, 1.165) is 33.4 Å². The van der Waals surface area contributed by atoms with Crippen LogP contribution in [0.25, 0.3) is 22.1 Å². The molecule has 2 heterocycles. The first kappa shape index (κ1) is 12.0. The Labute approximate surface area is 114 Å². The molecule has 0 saturated carbocycles. The third-order valence-electron chi connectivity index (χ3n) is 2.89. The van der Waals surface area contributed by atoms with Crippen molar-refractivity contribution in [3.63, 3.8) is 0 Å². The Morgan fingerprint density at radius 1 is 0.700 bits per heavy atom. The summed E-state index contributed by atoms with van der Waals surface area (Å²) in [4.78, 5) is 14.0. The van der Waals surface area contributed by atoms with E-state index in [2.05, 4.69) is 19.9 Å². The molecule has 0 saturated heterocycles. The Hall–Kier alpha value is -3.02. The molecule has 0 amide bonds. The van der Waals surface area contributed by atoms with Gasteiger partial charge in [-0.1, -0.05) is 0 Å². The first-order valence-electron chi connectivity index (χ1n) is 6.09. The quantitative estimate of drug-likeness (QED) is 0.366. The number of aromatic nitrogens is 4. The molecule has 0 bridgehead atoms. The van der Waals surface area contributed by atoms with E-state index in [0.29, 0.717) is 0 Å². The van der Waals surface area contributed by atoms with Crippen molar-refractivity contribution in [3.05, 3.63) is 49.1 Å². The van der Waals surface area contributed by atoms with Crippen LogP contribution in [0.15, 0.2) is 49.1 Å². The van der Waals surface area contributed by atoms with Gasteiger partial charge in [0.25, 0.3) is 0 Å². The SMILES string of the molecule is Nc1ccc2nc[nH]c2c1.Nc1ccc2nc[nH]c2c1. The summed E-state index contributed by atoms with van der Waals surface area (Å²) >= 11 is 0. The molecular weight excluding hydrogens is 252 g/mol. The van der Waals surface area contributed by atoms with Crippen LogP contribution in [0.4, 0.5) is 11.4 Å². The lowest BCUT2D eigenvalue weighted by Crippen LogP contribution is -1.82. The maximum atomic E-state index is 5.54. The summed E-state index contributed by atoms with van der Waals surface area (Å²) in [6.07, 6.45) is 3.31. The number of benzene rings is 2. The predicted molar refractivity (Wildman–Crippen MR) is 81.0 cm³/mol. The summed E-state index contributed by atoms with van der Waals surface area (Å²) in [6.45, 7) is 0. The van der Waals surface area contributed by atoms with E-state index in [4.69, 9.17) is 11.5 Å². The van der Waals surface area contributed by atoms with Gasteiger partial charge in [0, 0.05) is 11.4 Å². The van der Waals surface area contributed by atoms with Crippen molar-refractivity contribution in [1.29, 1.82) is 0 Å². The third kappa shape index (κ3) is 2.39. The molecule has 0 aliphatic heterocycles. The van der Waals surface area contributed by atoms with E-state index < -0.39 is 0 Å². The highest BCUT2D eigenvalue weighted by atomic mass is 14.9. The molecule has 4 aromatic rings. The molecule has 0 unspecified atom stereocenters. The van der Waals surface area contributed by atoms with Gasteiger partial charge in [0.05, 0.1) is 34.7 Å². The number of hydrogen-bond acceptors (Lipinski definition) is 4. The number of nitrogens with zero attached hydrogens (tertiary/aromatic N) is 2. The minimum atomic E-state index is 0.761. The normalized spacial score (nSPS) is 10.4. The van der Waals surface area contributed by atoms with Gasteiger partial charge in [0.1, 0.15) is 0 Å². The molecule has 6 nitrogen and oxygen atoms in total. The molecule has 6 N–H and O–H groups in total. The number of aromatic amines is 2. The average molecular weight is 266 g/mol. The summed E-state index contributed by atoms with van der Waals surface area (Å²) in [5.41, 5.74) is 16.5. The average Bonchev–Trinajstić information content (AvgIpc) is 3.06. The lowest BCUT2D eigenvalue weighted by atomic mass is 10.3. The number of fused-ring (bicyclic) bond motifs is 2. The highest BCUT2D eigenvalue weighted by Gasteiger charge is 1.93. The van der Waals surface area contributed by atoms with Gasteiger partial charge in [0.15, 0.2) is 0 Å². The molecule has 0 radical (unpaired) electrons. The molecule has 6 heteroatoms. The maximum Gasteiger partial charge on any atom is 0.0931 e. The van der Waals surface area contributed by atoms with Gasteiger partial charge in [0.2, 0.25) is 0 Å². The maximum absolute atomic E-state index is 5.54. The molecule has 2 aromatic heterocycles. The number of rotatable bonds is 0. The summed E-state index contributed by atoms with van der Waals surface area (Å²) < 4.78 is 0. The van der Waals surface area contributed by atoms with Crippen LogP contribution < -0.4 is 11.5 Å². The van der Waals surface area contributed by atoms with E-state index in [1.54, 1.807) is 12.7 Å². The van der Waals surface area contributed by atoms with Gasteiger partial charge in [-0.15, -0.1) is 0 Å². The van der Waals surface area contributed by atoms with Crippen LogP contribution in [0.2, 0.25) is 0 Å². The Kier molecular flexibility index (Phi) is 2.96. The Morgan fingerprint density at radius 3 is 1.60 bits per heavy atom. The van der Waals surface area contributed by atoms with Crippen molar-refractivity contribution in [2.75, 3.05) is 11.5 Å². The monoisotopic (exact) mass is 266 g/mol. The second-order valence-corrected chi connectivity index (χ2v) is 4.36. The first-order chi connectivity index (χ1) is 9.72. The van der Waals surface area contributed by atoms with Crippen LogP contribution in [-0.2, 0) is 0 Å². The second-order valence-electron chi connectivity index (χ2n) is 4.36. The van der Waals surface area contributed by atoms with Crippen molar-refractivity contribution in [3.8, 4) is 0 Å². The number of nitrogen functional groups attached to an aromatic ring is 2. The Balaban J connectivity index is 0.000000121. The molecule has 100 valence electrons. The van der Waals surface area contributed by atoms with Crippen LogP contribution >= 0.6 is 0 Å². The molecule has 0 fully saturated rings. The molecule has 0 aliphatic rings.